The van der Waals surface area contributed by atoms with Crippen LogP contribution in [-0.2, 0) is 13.1 Å². The number of pyridine rings is 1. The number of aliphatic hydroxyl groups is 1. The first kappa shape index (κ1) is 16.3. The van der Waals surface area contributed by atoms with E-state index in [2.05, 4.69) is 10.1 Å². The van der Waals surface area contributed by atoms with Gasteiger partial charge >= 0.3 is 0 Å². The second-order valence-electron chi connectivity index (χ2n) is 6.30. The number of fused-ring (bicyclic) bond motifs is 1. The number of nitrogens with two attached hydrogens (primary N) is 1. The van der Waals surface area contributed by atoms with Crippen molar-refractivity contribution in [1.29, 1.82) is 0 Å². The van der Waals surface area contributed by atoms with Crippen LogP contribution in [0.4, 0.5) is 5.82 Å². The molecule has 0 bridgehead atoms. The van der Waals surface area contributed by atoms with Gasteiger partial charge in [-0.1, -0.05) is 30.3 Å². The average molecular weight is 349 g/mol. The van der Waals surface area contributed by atoms with Gasteiger partial charge in [-0.15, -0.1) is 0 Å². The smallest absolute Gasteiger partial charge is 0.255 e. The molecule has 0 saturated heterocycles. The van der Waals surface area contributed by atoms with E-state index in [9.17, 15) is 9.90 Å². The van der Waals surface area contributed by atoms with Crippen molar-refractivity contribution in [3.05, 3.63) is 77.2 Å². The highest BCUT2D eigenvalue weighted by atomic mass is 16.3. The summed E-state index contributed by atoms with van der Waals surface area (Å²) in [4.78, 5) is 18.4. The fourth-order valence-corrected chi connectivity index (χ4v) is 3.12. The summed E-state index contributed by atoms with van der Waals surface area (Å²) in [6, 6.07) is 14.6. The van der Waals surface area contributed by atoms with Crippen LogP contribution in [0.3, 0.4) is 0 Å². The highest BCUT2D eigenvalue weighted by molar-refractivity contribution is 5.94. The summed E-state index contributed by atoms with van der Waals surface area (Å²) in [5.74, 6) is 0.299. The summed E-state index contributed by atoms with van der Waals surface area (Å²) < 4.78 is 1.85. The minimum Gasteiger partial charge on any atom is -0.384 e. The predicted molar refractivity (Wildman–Crippen MR) is 96.1 cm³/mol. The molecule has 132 valence electrons. The first-order chi connectivity index (χ1) is 12.6. The second kappa shape index (κ2) is 6.61. The number of carbonyl (C=O) groups is 1. The van der Waals surface area contributed by atoms with E-state index in [1.54, 1.807) is 17.0 Å². The van der Waals surface area contributed by atoms with E-state index >= 15 is 0 Å². The minimum atomic E-state index is -0.778. The summed E-state index contributed by atoms with van der Waals surface area (Å²) in [5, 5.41) is 15.0. The Labute approximate surface area is 150 Å². The highest BCUT2D eigenvalue weighted by Crippen LogP contribution is 2.24. The monoisotopic (exact) mass is 349 g/mol. The van der Waals surface area contributed by atoms with Crippen LogP contribution in [0.15, 0.2) is 54.7 Å². The van der Waals surface area contributed by atoms with E-state index in [1.165, 1.54) is 6.20 Å². The van der Waals surface area contributed by atoms with Crippen molar-refractivity contribution in [2.75, 3.05) is 12.3 Å². The lowest BCUT2D eigenvalue weighted by Crippen LogP contribution is -2.38. The maximum absolute atomic E-state index is 12.6. The van der Waals surface area contributed by atoms with Gasteiger partial charge in [-0.05, 0) is 23.8 Å². The number of anilines is 1. The van der Waals surface area contributed by atoms with E-state index in [0.29, 0.717) is 36.7 Å². The predicted octanol–water partition coefficient (Wildman–Crippen LogP) is 1.60. The summed E-state index contributed by atoms with van der Waals surface area (Å²) in [6.07, 6.45) is 0.716. The SMILES string of the molecule is Nc1ccc(C(=O)N2CCn3nc([C@@H](O)c4ccccc4)cc3C2)cn1. The first-order valence-corrected chi connectivity index (χ1v) is 8.42. The molecule has 4 rings (SSSR count). The van der Waals surface area contributed by atoms with Gasteiger partial charge in [-0.25, -0.2) is 4.98 Å². The zero-order chi connectivity index (χ0) is 18.1. The number of hydrogen-bond donors (Lipinski definition) is 2. The van der Waals surface area contributed by atoms with Gasteiger partial charge in [0.1, 0.15) is 11.9 Å². The molecule has 1 atom stereocenters. The normalized spacial score (nSPS) is 14.7. The Hall–Kier alpha value is -3.19. The molecule has 0 aliphatic carbocycles. The van der Waals surface area contributed by atoms with Gasteiger partial charge in [0.2, 0.25) is 0 Å². The molecule has 7 nitrogen and oxygen atoms in total. The fourth-order valence-electron chi connectivity index (χ4n) is 3.12. The van der Waals surface area contributed by atoms with Crippen molar-refractivity contribution in [2.45, 2.75) is 19.2 Å². The van der Waals surface area contributed by atoms with Crippen molar-refractivity contribution in [3.63, 3.8) is 0 Å². The summed E-state index contributed by atoms with van der Waals surface area (Å²) in [5.41, 5.74) is 8.38. The maximum Gasteiger partial charge on any atom is 0.255 e. The minimum absolute atomic E-state index is 0.0879. The average Bonchev–Trinajstić information content (AvgIpc) is 3.11. The molecule has 3 heterocycles. The number of nitrogens with zero attached hydrogens (tertiary/aromatic N) is 4. The summed E-state index contributed by atoms with van der Waals surface area (Å²) in [6.45, 7) is 1.58. The van der Waals surface area contributed by atoms with Crippen LogP contribution in [0.1, 0.15) is 33.4 Å². The number of hydrogen-bond acceptors (Lipinski definition) is 5. The zero-order valence-electron chi connectivity index (χ0n) is 14.1. The Morgan fingerprint density at radius 1 is 1.15 bits per heavy atom. The maximum atomic E-state index is 12.6. The van der Waals surface area contributed by atoms with Crippen LogP contribution in [0.2, 0.25) is 0 Å². The van der Waals surface area contributed by atoms with Crippen LogP contribution in [-0.4, -0.2) is 37.2 Å². The lowest BCUT2D eigenvalue weighted by molar-refractivity contribution is 0.0705. The standard InChI is InChI=1S/C19H19N5O2/c20-17-7-6-14(11-21-17)19(26)23-8-9-24-15(12-23)10-16(22-24)18(25)13-4-2-1-3-5-13/h1-7,10-11,18,25H,8-9,12H2,(H2,20,21)/t18-/m0/s1. The molecule has 0 spiro atoms. The van der Waals surface area contributed by atoms with Gasteiger partial charge in [0.25, 0.3) is 5.91 Å². The Bertz CT molecular complexity index is 921. The Kier molecular flexibility index (Phi) is 4.14. The van der Waals surface area contributed by atoms with Crippen LogP contribution >= 0.6 is 0 Å². The second-order valence-corrected chi connectivity index (χ2v) is 6.30. The quantitative estimate of drug-likeness (QED) is 0.748. The van der Waals surface area contributed by atoms with Gasteiger partial charge in [0.05, 0.1) is 30.0 Å². The molecule has 7 heteroatoms. The third-order valence-electron chi connectivity index (χ3n) is 4.53. The summed E-state index contributed by atoms with van der Waals surface area (Å²) in [7, 11) is 0. The molecule has 1 aliphatic heterocycles. The Morgan fingerprint density at radius 3 is 2.69 bits per heavy atom. The van der Waals surface area contributed by atoms with Crippen molar-refractivity contribution >= 4 is 11.7 Å². The lowest BCUT2D eigenvalue weighted by atomic mass is 10.1. The number of nitrogen functional groups attached to an aromatic ring is 1. The van der Waals surface area contributed by atoms with Crippen LogP contribution in [0.5, 0.6) is 0 Å². The van der Waals surface area contributed by atoms with E-state index < -0.39 is 6.10 Å². The highest BCUT2D eigenvalue weighted by Gasteiger charge is 2.25. The van der Waals surface area contributed by atoms with Gasteiger partial charge in [-0.3, -0.25) is 9.48 Å². The van der Waals surface area contributed by atoms with E-state index in [0.717, 1.165) is 11.3 Å². The van der Waals surface area contributed by atoms with Crippen molar-refractivity contribution in [3.8, 4) is 0 Å². The van der Waals surface area contributed by atoms with E-state index in [4.69, 9.17) is 5.73 Å². The molecule has 26 heavy (non-hydrogen) atoms. The third kappa shape index (κ3) is 3.04. The largest absolute Gasteiger partial charge is 0.384 e. The van der Waals surface area contributed by atoms with E-state index in [-0.39, 0.29) is 5.91 Å². The molecule has 3 aromatic rings. The molecule has 2 aromatic heterocycles. The van der Waals surface area contributed by atoms with Crippen molar-refractivity contribution in [1.82, 2.24) is 19.7 Å². The number of aromatic nitrogens is 3. The van der Waals surface area contributed by atoms with Crippen molar-refractivity contribution < 1.29 is 9.90 Å². The van der Waals surface area contributed by atoms with Gasteiger partial charge < -0.3 is 15.7 Å². The Morgan fingerprint density at radius 2 is 1.96 bits per heavy atom. The van der Waals surface area contributed by atoms with Crippen LogP contribution in [0, 0.1) is 0 Å². The summed E-state index contributed by atoms with van der Waals surface area (Å²) >= 11 is 0. The fraction of sp³-hybridized carbons (Fsp3) is 0.211. The van der Waals surface area contributed by atoms with Crippen LogP contribution in [0.25, 0.3) is 0 Å². The number of benzene rings is 1. The molecular formula is C19H19N5O2. The molecule has 0 unspecified atom stereocenters. The molecule has 0 saturated carbocycles. The molecule has 0 radical (unpaired) electrons. The molecule has 3 N–H and O–H groups in total. The molecule has 1 aromatic carbocycles. The van der Waals surface area contributed by atoms with Gasteiger partial charge in [0, 0.05) is 12.7 Å². The van der Waals surface area contributed by atoms with Crippen LogP contribution < -0.4 is 5.73 Å². The first-order valence-electron chi connectivity index (χ1n) is 8.42. The number of rotatable bonds is 3. The van der Waals surface area contributed by atoms with E-state index in [1.807, 2.05) is 41.1 Å². The molecule has 1 aliphatic rings. The molecule has 0 fully saturated rings. The number of amides is 1. The van der Waals surface area contributed by atoms with Crippen molar-refractivity contribution in [2.24, 2.45) is 0 Å². The molecular weight excluding hydrogens is 330 g/mol. The topological polar surface area (TPSA) is 97.3 Å². The van der Waals surface area contributed by atoms with Gasteiger partial charge in [-0.2, -0.15) is 5.10 Å². The van der Waals surface area contributed by atoms with Gasteiger partial charge in [0.15, 0.2) is 0 Å². The number of aliphatic hydroxyl groups excluding tert-OH is 1. The number of carbonyl (C=O) groups excluding carboxylic acids is 1. The zero-order valence-corrected chi connectivity index (χ0v) is 14.1. The Balaban J connectivity index is 1.53. The lowest BCUT2D eigenvalue weighted by Gasteiger charge is -2.27. The third-order valence-corrected chi connectivity index (χ3v) is 4.53. The molecule has 1 amide bonds.